The van der Waals surface area contributed by atoms with Gasteiger partial charge in [-0.05, 0) is 129 Å². The fourth-order valence-corrected chi connectivity index (χ4v) is 9.84. The van der Waals surface area contributed by atoms with Crippen molar-refractivity contribution in [2.24, 2.45) is 28.8 Å². The van der Waals surface area contributed by atoms with Crippen LogP contribution in [0.5, 0.6) is 17.2 Å². The van der Waals surface area contributed by atoms with Gasteiger partial charge in [0.15, 0.2) is 0 Å². The van der Waals surface area contributed by atoms with E-state index in [1.54, 1.807) is 18.2 Å². The van der Waals surface area contributed by atoms with Gasteiger partial charge in [-0.15, -0.1) is 6.58 Å². The van der Waals surface area contributed by atoms with Gasteiger partial charge in [0.1, 0.15) is 29.9 Å². The number of carbonyl (C=O) groups is 1. The Morgan fingerprint density at radius 2 is 1.69 bits per heavy atom. The zero-order valence-electron chi connectivity index (χ0n) is 37.1. The molecule has 1 amide bonds. The summed E-state index contributed by atoms with van der Waals surface area (Å²) in [5.41, 5.74) is 5.42. The summed E-state index contributed by atoms with van der Waals surface area (Å²) < 4.78 is 26.8. The average molecular weight is 882 g/mol. The maximum atomic E-state index is 14.6. The number of unbranched alkanes of at least 4 members (excludes halogenated alkanes) is 2. The third-order valence-corrected chi connectivity index (χ3v) is 13.2. The second-order valence-electron chi connectivity index (χ2n) is 17.5. The average Bonchev–Trinajstić information content (AvgIpc) is 4.15. The molecule has 3 aliphatic carbocycles. The molecule has 3 aromatic rings. The Balaban J connectivity index is 1.41. The lowest BCUT2D eigenvalue weighted by atomic mass is 9.55. The van der Waals surface area contributed by atoms with Gasteiger partial charge in [-0.2, -0.15) is 0 Å². The van der Waals surface area contributed by atoms with E-state index in [1.165, 1.54) is 12.1 Å². The Labute approximate surface area is 375 Å². The van der Waals surface area contributed by atoms with Gasteiger partial charge in [-0.3, -0.25) is 14.9 Å². The molecule has 0 spiro atoms. The smallest absolute Gasteiger partial charge is 0.269 e. The molecule has 64 heavy (non-hydrogen) atoms. The topological polar surface area (TPSA) is 183 Å². The van der Waals surface area contributed by atoms with Crippen LogP contribution in [-0.4, -0.2) is 94.8 Å². The van der Waals surface area contributed by atoms with Crippen molar-refractivity contribution in [1.29, 1.82) is 0 Å². The summed E-state index contributed by atoms with van der Waals surface area (Å²) in [6.45, 7) is 8.84. The normalized spacial score (nSPS) is 23.9. The molecule has 14 nitrogen and oxygen atoms in total. The number of carbonyl (C=O) groups excluding carboxylic acids is 1. The number of oxime groups is 1. The largest absolute Gasteiger partial charge is 0.459 e. The predicted octanol–water partition coefficient (Wildman–Crippen LogP) is 8.09. The van der Waals surface area contributed by atoms with E-state index < -0.39 is 22.7 Å². The first-order valence-electron chi connectivity index (χ1n) is 22.8. The number of nitro groups is 1. The molecule has 3 N–H and O–H groups in total. The van der Waals surface area contributed by atoms with Gasteiger partial charge in [-0.1, -0.05) is 36.2 Å². The molecule has 2 fully saturated rings. The number of fused-ring (bicyclic) bond motifs is 2. The second-order valence-corrected chi connectivity index (χ2v) is 17.5. The Morgan fingerprint density at radius 3 is 2.38 bits per heavy atom. The minimum Gasteiger partial charge on any atom is -0.459 e. The fraction of sp³-hybridized carbons (Fsp3) is 0.520. The molecule has 0 bridgehead atoms. The van der Waals surface area contributed by atoms with Crippen LogP contribution >= 0.6 is 0 Å². The highest BCUT2D eigenvalue weighted by atomic mass is 16.7. The van der Waals surface area contributed by atoms with E-state index in [0.29, 0.717) is 41.4 Å². The van der Waals surface area contributed by atoms with Crippen LogP contribution in [0.25, 0.3) is 0 Å². The van der Waals surface area contributed by atoms with Crippen molar-refractivity contribution < 1.29 is 48.8 Å². The van der Waals surface area contributed by atoms with Crippen molar-refractivity contribution in [2.45, 2.75) is 96.0 Å². The number of hydrogen-bond donors (Lipinski definition) is 3. The molecule has 0 saturated heterocycles. The minimum atomic E-state index is -1.43. The lowest BCUT2D eigenvalue weighted by molar-refractivity contribution is -0.384. The van der Waals surface area contributed by atoms with Crippen molar-refractivity contribution in [3.63, 3.8) is 0 Å². The first-order valence-corrected chi connectivity index (χ1v) is 22.8. The van der Waals surface area contributed by atoms with Crippen molar-refractivity contribution >= 4 is 17.3 Å². The molecule has 0 radical (unpaired) electrons. The van der Waals surface area contributed by atoms with Gasteiger partial charge in [0, 0.05) is 55.7 Å². The van der Waals surface area contributed by atoms with Crippen LogP contribution in [0.15, 0.2) is 90.1 Å². The summed E-state index contributed by atoms with van der Waals surface area (Å²) in [5, 5.41) is 45.7. The fourth-order valence-electron chi connectivity index (χ4n) is 9.84. The number of allylic oxidation sites excluding steroid dienone is 1. The third-order valence-electron chi connectivity index (χ3n) is 13.2. The van der Waals surface area contributed by atoms with E-state index in [9.17, 15) is 30.2 Å². The number of rotatable bonds is 24. The van der Waals surface area contributed by atoms with Crippen LogP contribution in [0.3, 0.4) is 0 Å². The van der Waals surface area contributed by atoms with Crippen LogP contribution in [0.4, 0.5) is 5.69 Å². The zero-order chi connectivity index (χ0) is 45.2. The monoisotopic (exact) mass is 881 g/mol. The summed E-state index contributed by atoms with van der Waals surface area (Å²) in [6, 6.07) is 17.4. The maximum Gasteiger partial charge on any atom is 0.269 e. The van der Waals surface area contributed by atoms with E-state index >= 15 is 0 Å². The molecule has 4 aliphatic rings. The molecule has 6 atom stereocenters. The van der Waals surface area contributed by atoms with Gasteiger partial charge < -0.3 is 44.0 Å². The Bertz CT molecular complexity index is 2150. The maximum absolute atomic E-state index is 14.6. The molecule has 7 rings (SSSR count). The van der Waals surface area contributed by atoms with Crippen molar-refractivity contribution in [3.05, 3.63) is 117 Å². The van der Waals surface area contributed by atoms with Crippen molar-refractivity contribution in [2.75, 3.05) is 46.2 Å². The molecule has 1 aliphatic heterocycles. The van der Waals surface area contributed by atoms with Gasteiger partial charge in [0.2, 0.25) is 11.7 Å². The molecular weight excluding hydrogens is 819 g/mol. The quantitative estimate of drug-likeness (QED) is 0.0342. The van der Waals surface area contributed by atoms with Crippen LogP contribution < -0.4 is 9.47 Å². The molecule has 14 heteroatoms. The number of nitro benzene ring substituents is 1. The number of non-ortho nitro benzene ring substituents is 1. The van der Waals surface area contributed by atoms with Gasteiger partial charge >= 0.3 is 0 Å². The first-order chi connectivity index (χ1) is 31.1. The summed E-state index contributed by atoms with van der Waals surface area (Å²) >= 11 is 0. The lowest BCUT2D eigenvalue weighted by Gasteiger charge is -2.60. The van der Waals surface area contributed by atoms with Crippen LogP contribution in [0, 0.1) is 47.6 Å². The highest BCUT2D eigenvalue weighted by Gasteiger charge is 2.66. The molecule has 0 unspecified atom stereocenters. The lowest BCUT2D eigenvalue weighted by Crippen LogP contribution is -2.70. The number of benzene rings is 3. The number of aliphatic hydroxyl groups is 3. The van der Waals surface area contributed by atoms with Crippen LogP contribution in [-0.2, 0) is 25.7 Å². The third kappa shape index (κ3) is 10.5. The summed E-state index contributed by atoms with van der Waals surface area (Å²) in [4.78, 5) is 33.6. The SMILES string of the molecule is C=CCO[C@@]12Oc3ccc(Oc4ccc(C)c(C)c4)cc3[C@H]3[C@H](CCCCO)[C@@H](CCCCO)C=C(C(=NOCc4ccc([N+](=O)[O-])cc4)C[C@@H]1N(CCOCCO)C(=O)C1CC1)[C@H]32. The first kappa shape index (κ1) is 46.9. The molecule has 344 valence electrons. The van der Waals surface area contributed by atoms with Crippen LogP contribution in [0.2, 0.25) is 0 Å². The van der Waals surface area contributed by atoms with Gasteiger partial charge in [0.25, 0.3) is 5.69 Å². The van der Waals surface area contributed by atoms with E-state index in [-0.39, 0.29) is 94.5 Å². The second kappa shape index (κ2) is 21.7. The molecule has 2 saturated carbocycles. The Hall–Kier alpha value is -5.12. The number of hydrogen-bond acceptors (Lipinski definition) is 12. The summed E-state index contributed by atoms with van der Waals surface area (Å²) in [7, 11) is 0. The number of nitrogens with zero attached hydrogens (tertiary/aromatic N) is 3. The van der Waals surface area contributed by atoms with E-state index in [4.69, 9.17) is 28.9 Å². The Kier molecular flexibility index (Phi) is 15.9. The zero-order valence-corrected chi connectivity index (χ0v) is 37.1. The number of aliphatic hydroxyl groups excluding tert-OH is 3. The molecule has 0 aromatic heterocycles. The predicted molar refractivity (Wildman–Crippen MR) is 241 cm³/mol. The Morgan fingerprint density at radius 1 is 0.953 bits per heavy atom. The number of aryl methyl sites for hydroxylation is 2. The molecular formula is C50H63N3O11. The number of ether oxygens (including phenoxy) is 4. The molecule has 1 heterocycles. The van der Waals surface area contributed by atoms with Gasteiger partial charge in [-0.25, -0.2) is 0 Å². The summed E-state index contributed by atoms with van der Waals surface area (Å²) in [6.07, 6.45) is 10.2. The van der Waals surface area contributed by atoms with Crippen LogP contribution in [0.1, 0.15) is 86.0 Å². The standard InChI is InChI=1S/C50H63N3O11/c1-4-25-61-50-46(52(21-26-60-27-24-56)49(57)36-14-15-36)31-44(51-62-32-35-12-16-38(17-13-35)53(58)59)42-29-37(9-5-7-22-54)41(10-6-8-23-55)47(48(42)50)43-30-40(19-20-45(43)64-50)63-39-18-11-33(2)34(3)28-39/h4,11-13,16-20,28-30,36-37,41,46-48,54-56H,1,5-10,14-15,21-27,31-32H2,2-3H3/t37-,41+,46-,47+,48+,50+/m0/s1. The van der Waals surface area contributed by atoms with Crippen molar-refractivity contribution in [1.82, 2.24) is 4.90 Å². The summed E-state index contributed by atoms with van der Waals surface area (Å²) in [5.74, 6) is -0.357. The van der Waals surface area contributed by atoms with Crippen molar-refractivity contribution in [3.8, 4) is 17.2 Å². The number of amides is 1. The van der Waals surface area contributed by atoms with E-state index in [1.807, 2.05) is 35.2 Å². The molecule has 3 aromatic carbocycles. The highest BCUT2D eigenvalue weighted by Crippen LogP contribution is 2.62. The minimum absolute atomic E-state index is 0.0201. The van der Waals surface area contributed by atoms with E-state index in [0.717, 1.165) is 60.8 Å². The highest BCUT2D eigenvalue weighted by molar-refractivity contribution is 6.03. The van der Waals surface area contributed by atoms with E-state index in [2.05, 4.69) is 32.6 Å². The van der Waals surface area contributed by atoms with Gasteiger partial charge in [0.05, 0.1) is 43.0 Å².